The molecule has 2 heteroatoms. The SMILES string of the molecule is CC1(C(=O)N2CCC2)CCC1. The van der Waals surface area contributed by atoms with Gasteiger partial charge in [-0.25, -0.2) is 0 Å². The second-order valence-electron chi connectivity index (χ2n) is 4.06. The summed E-state index contributed by atoms with van der Waals surface area (Å²) in [6.07, 6.45) is 4.68. The number of rotatable bonds is 1. The van der Waals surface area contributed by atoms with E-state index in [1.165, 1.54) is 12.8 Å². The Morgan fingerprint density at radius 2 is 1.91 bits per heavy atom. The Morgan fingerprint density at radius 3 is 2.18 bits per heavy atom. The van der Waals surface area contributed by atoms with Gasteiger partial charge in [-0.1, -0.05) is 13.3 Å². The molecule has 1 amide bonds. The van der Waals surface area contributed by atoms with Crippen molar-refractivity contribution in [1.82, 2.24) is 4.90 Å². The average Bonchev–Trinajstić information content (AvgIpc) is 1.78. The number of likely N-dealkylation sites (tertiary alicyclic amines) is 1. The van der Waals surface area contributed by atoms with Crippen LogP contribution in [0.3, 0.4) is 0 Å². The summed E-state index contributed by atoms with van der Waals surface area (Å²) in [7, 11) is 0. The van der Waals surface area contributed by atoms with Gasteiger partial charge in [0.15, 0.2) is 0 Å². The summed E-state index contributed by atoms with van der Waals surface area (Å²) in [5.74, 6) is 0.412. The first-order valence-electron chi connectivity index (χ1n) is 4.52. The Morgan fingerprint density at radius 1 is 1.27 bits per heavy atom. The maximum atomic E-state index is 11.7. The molecule has 1 saturated heterocycles. The van der Waals surface area contributed by atoms with Gasteiger partial charge in [-0.2, -0.15) is 0 Å². The van der Waals surface area contributed by atoms with Gasteiger partial charge in [0.1, 0.15) is 0 Å². The predicted molar refractivity (Wildman–Crippen MR) is 43.2 cm³/mol. The molecule has 0 radical (unpaired) electrons. The Kier molecular flexibility index (Phi) is 1.44. The summed E-state index contributed by atoms with van der Waals surface area (Å²) < 4.78 is 0. The third-order valence-electron chi connectivity index (χ3n) is 3.12. The van der Waals surface area contributed by atoms with E-state index < -0.39 is 0 Å². The average molecular weight is 153 g/mol. The van der Waals surface area contributed by atoms with Crippen molar-refractivity contribution in [2.45, 2.75) is 32.6 Å². The van der Waals surface area contributed by atoms with Crippen molar-refractivity contribution >= 4 is 5.91 Å². The topological polar surface area (TPSA) is 20.3 Å². The van der Waals surface area contributed by atoms with Gasteiger partial charge in [0.25, 0.3) is 0 Å². The third-order valence-corrected chi connectivity index (χ3v) is 3.12. The second-order valence-corrected chi connectivity index (χ2v) is 4.06. The first-order valence-corrected chi connectivity index (χ1v) is 4.52. The molecule has 11 heavy (non-hydrogen) atoms. The summed E-state index contributed by atoms with van der Waals surface area (Å²) in [4.78, 5) is 13.7. The fraction of sp³-hybridized carbons (Fsp3) is 0.889. The molecule has 0 atom stereocenters. The van der Waals surface area contributed by atoms with Gasteiger partial charge < -0.3 is 4.90 Å². The van der Waals surface area contributed by atoms with E-state index in [-0.39, 0.29) is 5.41 Å². The minimum absolute atomic E-state index is 0.0421. The van der Waals surface area contributed by atoms with Crippen LogP contribution in [0.4, 0.5) is 0 Å². The van der Waals surface area contributed by atoms with Gasteiger partial charge in [0.2, 0.25) is 5.91 Å². The fourth-order valence-corrected chi connectivity index (χ4v) is 1.82. The number of nitrogens with zero attached hydrogens (tertiary/aromatic N) is 1. The van der Waals surface area contributed by atoms with E-state index in [1.807, 2.05) is 4.90 Å². The monoisotopic (exact) mass is 153 g/mol. The van der Waals surface area contributed by atoms with Crippen LogP contribution < -0.4 is 0 Å². The largest absolute Gasteiger partial charge is 0.342 e. The molecule has 62 valence electrons. The molecule has 1 aliphatic carbocycles. The summed E-state index contributed by atoms with van der Waals surface area (Å²) in [6, 6.07) is 0. The van der Waals surface area contributed by atoms with E-state index in [1.54, 1.807) is 0 Å². The molecule has 1 heterocycles. The van der Waals surface area contributed by atoms with Crippen molar-refractivity contribution in [1.29, 1.82) is 0 Å². The highest BCUT2D eigenvalue weighted by Gasteiger charge is 2.42. The first kappa shape index (κ1) is 7.14. The summed E-state index contributed by atoms with van der Waals surface area (Å²) in [5, 5.41) is 0. The Hall–Kier alpha value is -0.530. The number of hydrogen-bond acceptors (Lipinski definition) is 1. The lowest BCUT2D eigenvalue weighted by Crippen LogP contribution is -2.51. The smallest absolute Gasteiger partial charge is 0.228 e. The van der Waals surface area contributed by atoms with Gasteiger partial charge in [-0.3, -0.25) is 4.79 Å². The molecule has 2 rings (SSSR count). The lowest BCUT2D eigenvalue weighted by Gasteiger charge is -2.43. The Bertz CT molecular complexity index is 180. The Balaban J connectivity index is 1.97. The molecule has 0 aromatic rings. The third kappa shape index (κ3) is 0.959. The maximum absolute atomic E-state index is 11.7. The van der Waals surface area contributed by atoms with Crippen molar-refractivity contribution in [2.24, 2.45) is 5.41 Å². The van der Waals surface area contributed by atoms with E-state index in [0.29, 0.717) is 5.91 Å². The summed E-state index contributed by atoms with van der Waals surface area (Å²) in [5.41, 5.74) is 0.0421. The van der Waals surface area contributed by atoms with Crippen molar-refractivity contribution < 1.29 is 4.79 Å². The molecular formula is C9H15NO. The number of carbonyl (C=O) groups excluding carboxylic acids is 1. The van der Waals surface area contributed by atoms with Crippen molar-refractivity contribution in [3.63, 3.8) is 0 Å². The molecule has 0 N–H and O–H groups in total. The van der Waals surface area contributed by atoms with Crippen molar-refractivity contribution in [2.75, 3.05) is 13.1 Å². The van der Waals surface area contributed by atoms with E-state index >= 15 is 0 Å². The zero-order valence-corrected chi connectivity index (χ0v) is 7.10. The lowest BCUT2D eigenvalue weighted by atomic mass is 9.69. The molecule has 0 spiro atoms. The second kappa shape index (κ2) is 2.23. The van der Waals surface area contributed by atoms with Crippen LogP contribution >= 0.6 is 0 Å². The van der Waals surface area contributed by atoms with Crippen LogP contribution in [0.5, 0.6) is 0 Å². The molecule has 0 unspecified atom stereocenters. The highest BCUT2D eigenvalue weighted by atomic mass is 16.2. The molecule has 2 aliphatic rings. The van der Waals surface area contributed by atoms with Gasteiger partial charge in [-0.05, 0) is 19.3 Å². The van der Waals surface area contributed by atoms with E-state index in [0.717, 1.165) is 25.9 Å². The highest BCUT2D eigenvalue weighted by molar-refractivity contribution is 5.83. The van der Waals surface area contributed by atoms with Crippen LogP contribution in [0.15, 0.2) is 0 Å². The van der Waals surface area contributed by atoms with E-state index in [4.69, 9.17) is 0 Å². The summed E-state index contributed by atoms with van der Waals surface area (Å²) >= 11 is 0. The van der Waals surface area contributed by atoms with Crippen molar-refractivity contribution in [3.05, 3.63) is 0 Å². The minimum atomic E-state index is 0.0421. The first-order chi connectivity index (χ1) is 5.22. The normalized spacial score (nSPS) is 27.2. The fourth-order valence-electron chi connectivity index (χ4n) is 1.82. The zero-order valence-electron chi connectivity index (χ0n) is 7.10. The van der Waals surface area contributed by atoms with Gasteiger partial charge in [0, 0.05) is 18.5 Å². The molecular weight excluding hydrogens is 138 g/mol. The standard InChI is InChI=1S/C9H15NO/c1-9(4-2-5-9)8(11)10-6-3-7-10/h2-7H2,1H3. The lowest BCUT2D eigenvalue weighted by molar-refractivity contribution is -0.149. The Labute approximate surface area is 67.6 Å². The maximum Gasteiger partial charge on any atom is 0.228 e. The zero-order chi connectivity index (χ0) is 7.90. The summed E-state index contributed by atoms with van der Waals surface area (Å²) in [6.45, 7) is 4.12. The van der Waals surface area contributed by atoms with Gasteiger partial charge >= 0.3 is 0 Å². The van der Waals surface area contributed by atoms with Gasteiger partial charge in [-0.15, -0.1) is 0 Å². The molecule has 1 saturated carbocycles. The highest BCUT2D eigenvalue weighted by Crippen LogP contribution is 2.42. The van der Waals surface area contributed by atoms with Crippen LogP contribution in [-0.2, 0) is 4.79 Å². The number of amides is 1. The van der Waals surface area contributed by atoms with Gasteiger partial charge in [0.05, 0.1) is 0 Å². The van der Waals surface area contributed by atoms with E-state index in [2.05, 4.69) is 6.92 Å². The predicted octanol–water partition coefficient (Wildman–Crippen LogP) is 1.41. The number of carbonyl (C=O) groups is 1. The molecule has 2 fully saturated rings. The van der Waals surface area contributed by atoms with Crippen LogP contribution in [0.25, 0.3) is 0 Å². The van der Waals surface area contributed by atoms with E-state index in [9.17, 15) is 4.79 Å². The van der Waals surface area contributed by atoms with Crippen LogP contribution in [0.1, 0.15) is 32.6 Å². The molecule has 1 aliphatic heterocycles. The molecule has 0 bridgehead atoms. The van der Waals surface area contributed by atoms with Crippen molar-refractivity contribution in [3.8, 4) is 0 Å². The quantitative estimate of drug-likeness (QED) is 0.557. The number of hydrogen-bond donors (Lipinski definition) is 0. The molecule has 2 nitrogen and oxygen atoms in total. The van der Waals surface area contributed by atoms with Crippen LogP contribution in [0.2, 0.25) is 0 Å². The molecule has 0 aromatic carbocycles. The molecule has 0 aromatic heterocycles. The van der Waals surface area contributed by atoms with Crippen LogP contribution in [0, 0.1) is 5.41 Å². The van der Waals surface area contributed by atoms with Crippen LogP contribution in [-0.4, -0.2) is 23.9 Å². The minimum Gasteiger partial charge on any atom is -0.342 e.